The van der Waals surface area contributed by atoms with Crippen molar-refractivity contribution in [1.29, 1.82) is 0 Å². The fourth-order valence-corrected chi connectivity index (χ4v) is 1.67. The van der Waals surface area contributed by atoms with Crippen molar-refractivity contribution in [1.82, 2.24) is 0 Å². The molecule has 1 aromatic carbocycles. The summed E-state index contributed by atoms with van der Waals surface area (Å²) in [5.41, 5.74) is 0.174. The third-order valence-electron chi connectivity index (χ3n) is 2.63. The first kappa shape index (κ1) is 13.5. The molecule has 0 N–H and O–H groups in total. The second-order valence-electron chi connectivity index (χ2n) is 4.02. The van der Waals surface area contributed by atoms with Crippen LogP contribution in [0.3, 0.4) is 0 Å². The van der Waals surface area contributed by atoms with Crippen molar-refractivity contribution in [2.24, 2.45) is 0 Å². The molecule has 0 aliphatic carbocycles. The highest BCUT2D eigenvalue weighted by atomic mass is 16.6. The molecule has 0 aliphatic heterocycles. The zero-order valence-electron chi connectivity index (χ0n) is 10.5. The van der Waals surface area contributed by atoms with Crippen LogP contribution in [0.5, 0.6) is 0 Å². The molecule has 1 aromatic heterocycles. The summed E-state index contributed by atoms with van der Waals surface area (Å²) < 4.78 is 5.40. The largest absolute Gasteiger partial charge is 0.456 e. The molecule has 0 amide bonds. The van der Waals surface area contributed by atoms with E-state index in [1.165, 1.54) is 25.1 Å². The maximum absolute atomic E-state index is 10.9. The van der Waals surface area contributed by atoms with E-state index in [0.29, 0.717) is 11.3 Å². The van der Waals surface area contributed by atoms with Gasteiger partial charge in [-0.3, -0.25) is 20.2 Å². The van der Waals surface area contributed by atoms with E-state index in [1.54, 1.807) is 24.3 Å². The molecule has 0 radical (unpaired) electrons. The summed E-state index contributed by atoms with van der Waals surface area (Å²) >= 11 is 0. The second kappa shape index (κ2) is 5.35. The monoisotopic (exact) mass is 274 g/mol. The van der Waals surface area contributed by atoms with Gasteiger partial charge in [0.2, 0.25) is 5.70 Å². The number of rotatable bonds is 4. The number of nitro groups is 2. The molecule has 0 aliphatic rings. The third-order valence-corrected chi connectivity index (χ3v) is 2.63. The van der Waals surface area contributed by atoms with Gasteiger partial charge < -0.3 is 4.42 Å². The zero-order valence-corrected chi connectivity index (χ0v) is 10.5. The van der Waals surface area contributed by atoms with E-state index in [1.807, 2.05) is 0 Å². The Balaban J connectivity index is 2.42. The second-order valence-corrected chi connectivity index (χ2v) is 4.02. The van der Waals surface area contributed by atoms with E-state index in [-0.39, 0.29) is 17.1 Å². The average Bonchev–Trinajstić information content (AvgIpc) is 2.87. The molecule has 2 rings (SSSR count). The van der Waals surface area contributed by atoms with Crippen LogP contribution in [0.1, 0.15) is 12.7 Å². The summed E-state index contributed by atoms with van der Waals surface area (Å²) in [6.45, 7) is 1.34. The molecular formula is C13H10N2O5. The first-order valence-corrected chi connectivity index (χ1v) is 5.65. The normalized spacial score (nSPS) is 11.3. The molecule has 1 heterocycles. The molecule has 0 saturated carbocycles. The highest BCUT2D eigenvalue weighted by Crippen LogP contribution is 2.31. The van der Waals surface area contributed by atoms with Crippen molar-refractivity contribution in [2.45, 2.75) is 6.92 Å². The summed E-state index contributed by atoms with van der Waals surface area (Å²) in [5.74, 6) is 0.562. The van der Waals surface area contributed by atoms with Crippen LogP contribution in [0, 0.1) is 20.2 Å². The number of hydrogen-bond acceptors (Lipinski definition) is 5. The Kier molecular flexibility index (Phi) is 3.60. The quantitative estimate of drug-likeness (QED) is 0.627. The fraction of sp³-hybridized carbons (Fsp3) is 0.0769. The summed E-state index contributed by atoms with van der Waals surface area (Å²) in [4.78, 5) is 20.4. The minimum Gasteiger partial charge on any atom is -0.456 e. The molecule has 2 aromatic rings. The molecule has 102 valence electrons. The average molecular weight is 274 g/mol. The first-order valence-electron chi connectivity index (χ1n) is 5.65. The summed E-state index contributed by atoms with van der Waals surface area (Å²) in [6.07, 6.45) is 1.26. The standard InChI is InChI=1S/C13H10N2O5/c1-9(14(16)17)8-10-6-7-13(20-10)11-4-2-3-5-12(11)15(18)19/h2-8H,1H3/b9-8+. The maximum Gasteiger partial charge on any atom is 0.280 e. The Morgan fingerprint density at radius 1 is 1.15 bits per heavy atom. The predicted octanol–water partition coefficient (Wildman–Crippen LogP) is 3.49. The van der Waals surface area contributed by atoms with E-state index in [2.05, 4.69) is 0 Å². The van der Waals surface area contributed by atoms with Gasteiger partial charge in [0, 0.05) is 13.0 Å². The molecular weight excluding hydrogens is 264 g/mol. The number of hydrogen-bond donors (Lipinski definition) is 0. The molecule has 7 heteroatoms. The highest BCUT2D eigenvalue weighted by molar-refractivity contribution is 5.70. The van der Waals surface area contributed by atoms with E-state index in [9.17, 15) is 20.2 Å². The number of nitrogens with zero attached hydrogens (tertiary/aromatic N) is 2. The highest BCUT2D eigenvalue weighted by Gasteiger charge is 2.17. The van der Waals surface area contributed by atoms with Gasteiger partial charge in [0.25, 0.3) is 5.69 Å². The molecule has 0 unspecified atom stereocenters. The Bertz CT molecular complexity index is 702. The number of allylic oxidation sites excluding steroid dienone is 1. The van der Waals surface area contributed by atoms with Gasteiger partial charge in [-0.2, -0.15) is 0 Å². The Hall–Kier alpha value is -2.96. The lowest BCUT2D eigenvalue weighted by molar-refractivity contribution is -0.422. The van der Waals surface area contributed by atoms with Gasteiger partial charge in [0.1, 0.15) is 11.5 Å². The molecule has 0 atom stereocenters. The van der Waals surface area contributed by atoms with Crippen LogP contribution in [-0.4, -0.2) is 9.85 Å². The van der Waals surface area contributed by atoms with E-state index >= 15 is 0 Å². The molecule has 0 bridgehead atoms. The van der Waals surface area contributed by atoms with Crippen LogP contribution in [-0.2, 0) is 0 Å². The van der Waals surface area contributed by atoms with Crippen LogP contribution >= 0.6 is 0 Å². The molecule has 7 nitrogen and oxygen atoms in total. The van der Waals surface area contributed by atoms with E-state index < -0.39 is 9.85 Å². The van der Waals surface area contributed by atoms with Gasteiger partial charge in [0.15, 0.2) is 0 Å². The van der Waals surface area contributed by atoms with Crippen LogP contribution < -0.4 is 0 Å². The molecule has 20 heavy (non-hydrogen) atoms. The van der Waals surface area contributed by atoms with Gasteiger partial charge in [-0.25, -0.2) is 0 Å². The van der Waals surface area contributed by atoms with Crippen molar-refractivity contribution in [2.75, 3.05) is 0 Å². The Morgan fingerprint density at radius 3 is 2.50 bits per heavy atom. The van der Waals surface area contributed by atoms with Crippen LogP contribution in [0.15, 0.2) is 46.5 Å². The van der Waals surface area contributed by atoms with Crippen molar-refractivity contribution < 1.29 is 14.3 Å². The first-order chi connectivity index (χ1) is 9.49. The SMILES string of the molecule is C/C(=C\c1ccc(-c2ccccc2[N+](=O)[O-])o1)[N+](=O)[O-]. The van der Waals surface area contributed by atoms with E-state index in [4.69, 9.17) is 4.42 Å². The predicted molar refractivity (Wildman–Crippen MR) is 71.4 cm³/mol. The lowest BCUT2D eigenvalue weighted by atomic mass is 10.1. The van der Waals surface area contributed by atoms with Crippen molar-refractivity contribution in [3.8, 4) is 11.3 Å². The smallest absolute Gasteiger partial charge is 0.280 e. The van der Waals surface area contributed by atoms with Gasteiger partial charge in [0.05, 0.1) is 21.5 Å². The third kappa shape index (κ3) is 2.72. The Morgan fingerprint density at radius 2 is 1.85 bits per heavy atom. The number of para-hydroxylation sites is 1. The van der Waals surface area contributed by atoms with Crippen molar-refractivity contribution in [3.63, 3.8) is 0 Å². The summed E-state index contributed by atoms with van der Waals surface area (Å²) in [5, 5.41) is 21.5. The lowest BCUT2D eigenvalue weighted by Gasteiger charge is -1.98. The maximum atomic E-state index is 10.9. The minimum absolute atomic E-state index is 0.0755. The number of nitro benzene ring substituents is 1. The fourth-order valence-electron chi connectivity index (χ4n) is 1.67. The van der Waals surface area contributed by atoms with Gasteiger partial charge in [-0.05, 0) is 18.2 Å². The number of benzene rings is 1. The van der Waals surface area contributed by atoms with Crippen LogP contribution in [0.2, 0.25) is 0 Å². The Labute approximate surface area is 113 Å². The molecule has 0 saturated heterocycles. The minimum atomic E-state index is -0.535. The van der Waals surface area contributed by atoms with Gasteiger partial charge in [-0.1, -0.05) is 12.1 Å². The van der Waals surface area contributed by atoms with E-state index in [0.717, 1.165) is 0 Å². The lowest BCUT2D eigenvalue weighted by Crippen LogP contribution is -1.92. The number of furan rings is 1. The van der Waals surface area contributed by atoms with Crippen LogP contribution in [0.25, 0.3) is 17.4 Å². The summed E-state index contributed by atoms with van der Waals surface area (Å²) in [7, 11) is 0. The van der Waals surface area contributed by atoms with Crippen molar-refractivity contribution in [3.05, 3.63) is 68.1 Å². The topological polar surface area (TPSA) is 99.4 Å². The molecule has 0 fully saturated rings. The van der Waals surface area contributed by atoms with Crippen LogP contribution in [0.4, 0.5) is 5.69 Å². The molecule has 0 spiro atoms. The van der Waals surface area contributed by atoms with Gasteiger partial charge in [-0.15, -0.1) is 0 Å². The van der Waals surface area contributed by atoms with Gasteiger partial charge >= 0.3 is 0 Å². The zero-order chi connectivity index (χ0) is 14.7. The summed E-state index contributed by atoms with van der Waals surface area (Å²) in [6, 6.07) is 9.21. The van der Waals surface area contributed by atoms with Crippen molar-refractivity contribution >= 4 is 11.8 Å².